The minimum absolute atomic E-state index is 0.0936. The Hall–Kier alpha value is -4.63. The molecule has 0 spiro atoms. The first-order valence-electron chi connectivity index (χ1n) is 10.7. The molecule has 0 radical (unpaired) electrons. The summed E-state index contributed by atoms with van der Waals surface area (Å²) in [6, 6.07) is 18.4. The quantitative estimate of drug-likeness (QED) is 0.379. The molecule has 2 aromatic carbocycles. The first kappa shape index (κ1) is 22.2. The topological polar surface area (TPSA) is 112 Å². The van der Waals surface area contributed by atoms with Crippen molar-refractivity contribution in [2.24, 2.45) is 0 Å². The van der Waals surface area contributed by atoms with Crippen molar-refractivity contribution in [1.29, 1.82) is 0 Å². The van der Waals surface area contributed by atoms with Gasteiger partial charge in [0.1, 0.15) is 12.0 Å². The summed E-state index contributed by atoms with van der Waals surface area (Å²) in [5, 5.41) is 12.1. The van der Waals surface area contributed by atoms with Crippen molar-refractivity contribution < 1.29 is 18.7 Å². The van der Waals surface area contributed by atoms with Crippen LogP contribution in [0.3, 0.4) is 0 Å². The molecule has 0 fully saturated rings. The number of nitrogens with zero attached hydrogens (tertiary/aromatic N) is 4. The highest BCUT2D eigenvalue weighted by Gasteiger charge is 2.47. The van der Waals surface area contributed by atoms with Crippen molar-refractivity contribution in [3.63, 3.8) is 0 Å². The zero-order valence-electron chi connectivity index (χ0n) is 19.0. The van der Waals surface area contributed by atoms with Gasteiger partial charge in [0.2, 0.25) is 17.4 Å². The molecule has 0 saturated carbocycles. The molecule has 0 unspecified atom stereocenters. The third kappa shape index (κ3) is 3.87. The van der Waals surface area contributed by atoms with E-state index >= 15 is 0 Å². The summed E-state index contributed by atoms with van der Waals surface area (Å²) in [5.74, 6) is -0.196. The van der Waals surface area contributed by atoms with Gasteiger partial charge in [0.15, 0.2) is 0 Å². The number of amides is 1. The number of fused-ring (bicyclic) bond motifs is 1. The van der Waals surface area contributed by atoms with Crippen LogP contribution < -0.4 is 10.1 Å². The number of anilines is 1. The lowest BCUT2D eigenvalue weighted by atomic mass is 9.92. The van der Waals surface area contributed by atoms with Crippen LogP contribution in [0.25, 0.3) is 22.0 Å². The molecule has 0 aliphatic heterocycles. The zero-order chi connectivity index (χ0) is 24.3. The lowest BCUT2D eigenvalue weighted by molar-refractivity contribution is -0.136. The Kier molecular flexibility index (Phi) is 5.90. The normalized spacial score (nSPS) is 12.7. The third-order valence-corrected chi connectivity index (χ3v) is 5.69. The average molecular weight is 467 g/mol. The van der Waals surface area contributed by atoms with Gasteiger partial charge in [0, 0.05) is 35.4 Å². The van der Waals surface area contributed by atoms with Gasteiger partial charge in [-0.15, -0.1) is 0 Å². The fourth-order valence-electron chi connectivity index (χ4n) is 4.02. The number of methoxy groups -OCH3 is 2. The van der Waals surface area contributed by atoms with Crippen LogP contribution >= 0.6 is 0 Å². The highest BCUT2D eigenvalue weighted by Crippen LogP contribution is 2.36. The molecule has 3 heterocycles. The SMILES string of the molecule is COc1ncc(-c2cnnc3ccccc23)cc1NC(=O)[C@](OC)(c1ccccc1)c1ncco1. The number of carbonyl (C=O) groups excluding carboxylic acids is 1. The lowest BCUT2D eigenvalue weighted by Crippen LogP contribution is -2.43. The van der Waals surface area contributed by atoms with Crippen LogP contribution in [-0.2, 0) is 15.1 Å². The van der Waals surface area contributed by atoms with Crippen LogP contribution in [0.4, 0.5) is 5.69 Å². The van der Waals surface area contributed by atoms with Gasteiger partial charge in [-0.3, -0.25) is 4.79 Å². The molecular weight excluding hydrogens is 446 g/mol. The number of aromatic nitrogens is 4. The maximum absolute atomic E-state index is 13.9. The number of pyridine rings is 1. The van der Waals surface area contributed by atoms with Crippen LogP contribution in [0.5, 0.6) is 5.88 Å². The van der Waals surface area contributed by atoms with Crippen molar-refractivity contribution in [2.75, 3.05) is 19.5 Å². The molecule has 1 N–H and O–H groups in total. The van der Waals surface area contributed by atoms with Crippen molar-refractivity contribution in [1.82, 2.24) is 20.2 Å². The number of rotatable bonds is 7. The molecule has 1 atom stereocenters. The molecule has 9 nitrogen and oxygen atoms in total. The van der Waals surface area contributed by atoms with Gasteiger partial charge in [-0.05, 0) is 12.1 Å². The first-order valence-corrected chi connectivity index (χ1v) is 10.7. The van der Waals surface area contributed by atoms with E-state index in [0.29, 0.717) is 11.3 Å². The molecule has 5 rings (SSSR count). The Bertz CT molecular complexity index is 1470. The van der Waals surface area contributed by atoms with E-state index in [-0.39, 0.29) is 11.8 Å². The fourth-order valence-corrected chi connectivity index (χ4v) is 4.02. The van der Waals surface area contributed by atoms with Gasteiger partial charge < -0.3 is 19.2 Å². The highest BCUT2D eigenvalue weighted by atomic mass is 16.5. The summed E-state index contributed by atoms with van der Waals surface area (Å²) in [6.07, 6.45) is 6.17. The monoisotopic (exact) mass is 467 g/mol. The van der Waals surface area contributed by atoms with Crippen LogP contribution in [0, 0.1) is 0 Å². The van der Waals surface area contributed by atoms with Gasteiger partial charge in [-0.1, -0.05) is 48.5 Å². The van der Waals surface area contributed by atoms with Gasteiger partial charge in [0.05, 0.1) is 25.0 Å². The number of hydrogen-bond acceptors (Lipinski definition) is 8. The van der Waals surface area contributed by atoms with E-state index in [0.717, 1.165) is 22.0 Å². The predicted molar refractivity (Wildman–Crippen MR) is 129 cm³/mol. The van der Waals surface area contributed by atoms with Gasteiger partial charge in [0.25, 0.3) is 5.91 Å². The van der Waals surface area contributed by atoms with Crippen molar-refractivity contribution in [2.45, 2.75) is 5.60 Å². The minimum Gasteiger partial charge on any atom is -0.480 e. The molecule has 0 bridgehead atoms. The summed E-state index contributed by atoms with van der Waals surface area (Å²) < 4.78 is 16.8. The van der Waals surface area contributed by atoms with E-state index in [9.17, 15) is 4.79 Å². The molecule has 0 aliphatic rings. The van der Waals surface area contributed by atoms with Crippen LogP contribution in [-0.4, -0.2) is 40.3 Å². The van der Waals surface area contributed by atoms with E-state index in [1.165, 1.54) is 26.7 Å². The van der Waals surface area contributed by atoms with Crippen LogP contribution in [0.15, 0.2) is 89.9 Å². The second-order valence-corrected chi connectivity index (χ2v) is 7.60. The summed E-state index contributed by atoms with van der Waals surface area (Å²) in [7, 11) is 2.91. The summed E-state index contributed by atoms with van der Waals surface area (Å²) in [6.45, 7) is 0. The molecule has 0 saturated heterocycles. The van der Waals surface area contributed by atoms with Gasteiger partial charge in [-0.2, -0.15) is 10.2 Å². The largest absolute Gasteiger partial charge is 0.480 e. The maximum atomic E-state index is 13.9. The van der Waals surface area contributed by atoms with E-state index in [1.807, 2.05) is 42.5 Å². The molecule has 174 valence electrons. The van der Waals surface area contributed by atoms with E-state index in [1.54, 1.807) is 30.6 Å². The zero-order valence-corrected chi connectivity index (χ0v) is 19.0. The van der Waals surface area contributed by atoms with E-state index in [2.05, 4.69) is 25.5 Å². The summed E-state index contributed by atoms with van der Waals surface area (Å²) in [4.78, 5) is 22.5. The average Bonchev–Trinajstić information content (AvgIpc) is 3.45. The number of oxazole rings is 1. The van der Waals surface area contributed by atoms with E-state index in [4.69, 9.17) is 13.9 Å². The lowest BCUT2D eigenvalue weighted by Gasteiger charge is -2.28. The Morgan fingerprint density at radius 3 is 2.54 bits per heavy atom. The van der Waals surface area contributed by atoms with Crippen molar-refractivity contribution >= 4 is 22.5 Å². The van der Waals surface area contributed by atoms with Crippen LogP contribution in [0.2, 0.25) is 0 Å². The standard InChI is InChI=1S/C26H21N5O4/c1-33-23-22(14-17(15-28-23)20-16-29-31-21-11-7-6-10-19(20)21)30-24(32)26(34-2,25-27-12-13-35-25)18-8-4-3-5-9-18/h3-16H,1-2H3,(H,30,32)/t26-/m1/s1. The first-order chi connectivity index (χ1) is 17.2. The smallest absolute Gasteiger partial charge is 0.271 e. The van der Waals surface area contributed by atoms with Gasteiger partial charge in [-0.25, -0.2) is 9.97 Å². The number of hydrogen-bond donors (Lipinski definition) is 1. The molecular formula is C26H21N5O4. The number of ether oxygens (including phenoxy) is 2. The summed E-state index contributed by atoms with van der Waals surface area (Å²) >= 11 is 0. The maximum Gasteiger partial charge on any atom is 0.271 e. The molecule has 0 aliphatic carbocycles. The third-order valence-electron chi connectivity index (χ3n) is 5.69. The van der Waals surface area contributed by atoms with Crippen LogP contribution in [0.1, 0.15) is 11.5 Å². The molecule has 9 heteroatoms. The van der Waals surface area contributed by atoms with Gasteiger partial charge >= 0.3 is 0 Å². The number of benzene rings is 2. The number of carbonyl (C=O) groups is 1. The molecule has 5 aromatic rings. The second-order valence-electron chi connectivity index (χ2n) is 7.60. The Morgan fingerprint density at radius 2 is 1.80 bits per heavy atom. The Labute approximate surface area is 200 Å². The summed E-state index contributed by atoms with van der Waals surface area (Å²) in [5.41, 5.74) is 1.55. The Morgan fingerprint density at radius 1 is 1.00 bits per heavy atom. The molecule has 35 heavy (non-hydrogen) atoms. The van der Waals surface area contributed by atoms with E-state index < -0.39 is 11.5 Å². The number of nitrogens with one attached hydrogen (secondary N) is 1. The Balaban J connectivity index is 1.60. The van der Waals surface area contributed by atoms with Crippen molar-refractivity contribution in [3.8, 4) is 17.0 Å². The predicted octanol–water partition coefficient (Wildman–Crippen LogP) is 4.22. The minimum atomic E-state index is -1.64. The fraction of sp³-hybridized carbons (Fsp3) is 0.115. The molecule has 3 aromatic heterocycles. The van der Waals surface area contributed by atoms with Crippen molar-refractivity contribution in [3.05, 3.63) is 97.0 Å². The second kappa shape index (κ2) is 9.32. The molecule has 1 amide bonds. The highest BCUT2D eigenvalue weighted by molar-refractivity contribution is 6.02.